The van der Waals surface area contributed by atoms with E-state index in [0.29, 0.717) is 0 Å². The molecule has 0 aliphatic heterocycles. The van der Waals surface area contributed by atoms with Crippen LogP contribution >= 0.6 is 22.6 Å². The summed E-state index contributed by atoms with van der Waals surface area (Å²) in [5.41, 5.74) is 0. The van der Waals surface area contributed by atoms with Gasteiger partial charge in [-0.05, 0) is 166 Å². The van der Waals surface area contributed by atoms with Crippen molar-refractivity contribution in [3.05, 3.63) is 0 Å². The number of rotatable bonds is 34. The lowest BCUT2D eigenvalue weighted by atomic mass is 10.2. The van der Waals surface area contributed by atoms with Gasteiger partial charge in [-0.15, -0.1) is 0 Å². The Morgan fingerprint density at radius 2 is 0.621 bits per heavy atom. The number of hydrogen-bond donors (Lipinski definition) is 0. The standard InChI is InChI=1S/C22H54NO2Si3.C21H51NO2Si3.CH3I.HI/c1-11-14-18-23(4,19-15-12-2)20-17-22-27(7,8)25-28(9,10)24-26(5,6)21-16-13-3;1-10-13-17-22(18-14-11-2)19-16-21-26(6,7)24-27(8,9)23-25(4,5)20-15-12-3;1-2;/h11-22H2,1-10H3;10-21H2,1-9H3;1H3;1H/q+1;;;/p-1. The SMILES string of the molecule is CCCCN(CCCC)CCC[Si](C)(C)O[Si](C)(C)O[Si](C)(C)CCCC.CCCC[N+](C)(CCCC)CCC[Si](C)(C)O[Si](C)(C)O[Si](C)(C)CCCC.CI.[I-]. The summed E-state index contributed by atoms with van der Waals surface area (Å²) in [5.74, 6) is 0. The van der Waals surface area contributed by atoms with Gasteiger partial charge in [0.25, 0.3) is 0 Å². The molecule has 0 saturated carbocycles. The van der Waals surface area contributed by atoms with Crippen molar-refractivity contribution < 1.29 is 44.9 Å². The molecular weight excluding hydrogens is 1040 g/mol. The average molecular weight is 1150 g/mol. The maximum absolute atomic E-state index is 6.80. The number of halogens is 2. The van der Waals surface area contributed by atoms with E-state index in [1.165, 1.54) is 158 Å². The number of unbranched alkanes of at least 4 members (excludes halogenated alkanes) is 6. The van der Waals surface area contributed by atoms with Gasteiger partial charge < -0.3 is 49.8 Å². The fourth-order valence-electron chi connectivity index (χ4n) is 8.24. The van der Waals surface area contributed by atoms with Gasteiger partial charge in [-0.25, -0.2) is 0 Å². The maximum Gasteiger partial charge on any atom is 0.311 e. The molecule has 0 amide bonds. The summed E-state index contributed by atoms with van der Waals surface area (Å²) < 4.78 is 28.2. The number of hydrogen-bond acceptors (Lipinski definition) is 5. The number of quaternary nitrogens is 1. The molecule has 0 aromatic rings. The quantitative estimate of drug-likeness (QED) is 0.0278. The van der Waals surface area contributed by atoms with Crippen LogP contribution < -0.4 is 24.0 Å². The van der Waals surface area contributed by atoms with E-state index < -0.39 is 50.4 Å². The normalized spacial score (nSPS) is 13.1. The van der Waals surface area contributed by atoms with Gasteiger partial charge in [0.1, 0.15) is 0 Å². The van der Waals surface area contributed by atoms with Crippen molar-refractivity contribution >= 4 is 73.0 Å². The lowest BCUT2D eigenvalue weighted by Gasteiger charge is -2.39. The fourth-order valence-corrected chi connectivity index (χ4v) is 36.7. The van der Waals surface area contributed by atoms with Gasteiger partial charge >= 0.3 is 17.1 Å². The highest BCUT2D eigenvalue weighted by atomic mass is 127. The Kier molecular flexibility index (Phi) is 41.4. The van der Waals surface area contributed by atoms with Gasteiger partial charge in [-0.2, -0.15) is 0 Å². The van der Waals surface area contributed by atoms with E-state index in [1.54, 1.807) is 0 Å². The van der Waals surface area contributed by atoms with Crippen molar-refractivity contribution in [1.82, 2.24) is 4.90 Å². The zero-order chi connectivity index (χ0) is 44.9. The van der Waals surface area contributed by atoms with Crippen molar-refractivity contribution in [2.75, 3.05) is 51.2 Å². The van der Waals surface area contributed by atoms with E-state index in [9.17, 15) is 0 Å². The van der Waals surface area contributed by atoms with E-state index in [0.717, 1.165) is 0 Å². The van der Waals surface area contributed by atoms with E-state index in [1.807, 2.05) is 4.93 Å². The zero-order valence-electron chi connectivity index (χ0n) is 43.3. The monoisotopic (exact) mass is 1150 g/mol. The van der Waals surface area contributed by atoms with Gasteiger partial charge in [0, 0.05) is 0 Å². The van der Waals surface area contributed by atoms with Crippen LogP contribution in [0.3, 0.4) is 0 Å². The molecule has 0 aliphatic rings. The molecular formula is C44H108I2N2O4Si6. The summed E-state index contributed by atoms with van der Waals surface area (Å²) in [6, 6.07) is 5.03. The second kappa shape index (κ2) is 35.7. The predicted molar refractivity (Wildman–Crippen MR) is 284 cm³/mol. The largest absolute Gasteiger partial charge is 1.00 e. The molecule has 6 nitrogen and oxygen atoms in total. The van der Waals surface area contributed by atoms with Gasteiger partial charge in [0.05, 0.1) is 26.7 Å². The third-order valence-electron chi connectivity index (χ3n) is 10.8. The molecule has 0 unspecified atom stereocenters. The van der Waals surface area contributed by atoms with Gasteiger partial charge in [0.2, 0.25) is 0 Å². The molecule has 0 saturated heterocycles. The highest BCUT2D eigenvalue weighted by Crippen LogP contribution is 2.28. The Morgan fingerprint density at radius 3 is 0.914 bits per heavy atom. The summed E-state index contributed by atoms with van der Waals surface area (Å²) in [7, 11) is -8.13. The summed E-state index contributed by atoms with van der Waals surface area (Å²) in [4.78, 5) is 4.65. The van der Waals surface area contributed by atoms with Crippen LogP contribution in [-0.2, 0) is 16.5 Å². The maximum atomic E-state index is 6.80. The highest BCUT2D eigenvalue weighted by Gasteiger charge is 2.40. The summed E-state index contributed by atoms with van der Waals surface area (Å²) in [6.45, 7) is 49.7. The molecule has 0 atom stereocenters. The second-order valence-electron chi connectivity index (χ2n) is 20.7. The van der Waals surface area contributed by atoms with E-state index >= 15 is 0 Å². The minimum atomic E-state index is -2.04. The van der Waals surface area contributed by atoms with Crippen LogP contribution in [-0.4, -0.2) is 111 Å². The van der Waals surface area contributed by atoms with Crippen molar-refractivity contribution in [2.45, 2.75) is 234 Å². The summed E-state index contributed by atoms with van der Waals surface area (Å²) in [6.07, 6.45) is 18.2. The Labute approximate surface area is 404 Å². The molecule has 0 N–H and O–H groups in total. The van der Waals surface area contributed by atoms with Crippen molar-refractivity contribution in [3.8, 4) is 0 Å². The number of nitrogens with zero attached hydrogens (tertiary/aromatic N) is 2. The third-order valence-corrected chi connectivity index (χ3v) is 33.8. The third kappa shape index (κ3) is 40.1. The first-order valence-corrected chi connectivity index (χ1v) is 44.3. The average Bonchev–Trinajstić information content (AvgIpc) is 3.08. The van der Waals surface area contributed by atoms with Gasteiger partial charge in [0.15, 0.2) is 33.3 Å². The topological polar surface area (TPSA) is 40.2 Å². The molecule has 14 heteroatoms. The van der Waals surface area contributed by atoms with Crippen molar-refractivity contribution in [3.63, 3.8) is 0 Å². The molecule has 58 heavy (non-hydrogen) atoms. The Bertz CT molecular complexity index is 934. The first-order valence-electron chi connectivity index (χ1n) is 24.0. The Balaban J connectivity index is -0.000000474. The molecule has 0 rings (SSSR count). The smallest absolute Gasteiger partial charge is 0.311 e. The molecule has 0 aromatic carbocycles. The van der Waals surface area contributed by atoms with Gasteiger partial charge in [-0.1, -0.05) is 115 Å². The second-order valence-corrected chi connectivity index (χ2v) is 45.6. The lowest BCUT2D eigenvalue weighted by Crippen LogP contribution is -3.00. The van der Waals surface area contributed by atoms with Crippen LogP contribution in [0.5, 0.6) is 0 Å². The first-order chi connectivity index (χ1) is 26.3. The molecule has 0 radical (unpaired) electrons. The van der Waals surface area contributed by atoms with Crippen LogP contribution in [0.2, 0.25) is 103 Å². The molecule has 0 heterocycles. The summed E-state index contributed by atoms with van der Waals surface area (Å²) in [5, 5.41) is 0. The van der Waals surface area contributed by atoms with Crippen LogP contribution in [0, 0.1) is 0 Å². The Morgan fingerprint density at radius 1 is 0.379 bits per heavy atom. The molecule has 0 spiro atoms. The Hall–Kier alpha value is 2.52. The minimum absolute atomic E-state index is 0. The minimum Gasteiger partial charge on any atom is -1.00 e. The van der Waals surface area contributed by atoms with Crippen molar-refractivity contribution in [2.24, 2.45) is 0 Å². The van der Waals surface area contributed by atoms with E-state index in [4.69, 9.17) is 16.5 Å². The summed E-state index contributed by atoms with van der Waals surface area (Å²) >= 11 is 2.15. The van der Waals surface area contributed by atoms with Crippen LogP contribution in [0.4, 0.5) is 0 Å². The van der Waals surface area contributed by atoms with E-state index in [-0.39, 0.29) is 24.0 Å². The van der Waals surface area contributed by atoms with Gasteiger partial charge in [-0.3, -0.25) is 0 Å². The molecule has 0 aromatic heterocycles. The zero-order valence-corrected chi connectivity index (χ0v) is 53.6. The number of alkyl halides is 1. The molecule has 0 aliphatic carbocycles. The molecule has 356 valence electrons. The van der Waals surface area contributed by atoms with Crippen molar-refractivity contribution in [1.29, 1.82) is 0 Å². The van der Waals surface area contributed by atoms with Crippen LogP contribution in [0.15, 0.2) is 0 Å². The highest BCUT2D eigenvalue weighted by molar-refractivity contribution is 14.1. The predicted octanol–water partition coefficient (Wildman–Crippen LogP) is 12.6. The van der Waals surface area contributed by atoms with Crippen LogP contribution in [0.25, 0.3) is 0 Å². The van der Waals surface area contributed by atoms with E-state index in [2.05, 4.69) is 155 Å². The molecule has 0 fully saturated rings. The fraction of sp³-hybridized carbons (Fsp3) is 1.00. The lowest BCUT2D eigenvalue weighted by molar-refractivity contribution is -0.910. The first kappa shape index (κ1) is 67.1. The molecule has 0 bridgehead atoms. The van der Waals surface area contributed by atoms with Crippen LogP contribution in [0.1, 0.15) is 131 Å².